The van der Waals surface area contributed by atoms with Crippen molar-refractivity contribution in [3.63, 3.8) is 0 Å². The Kier molecular flexibility index (Phi) is 3.07. The second-order valence-corrected chi connectivity index (χ2v) is 11.5. The first-order chi connectivity index (χ1) is 12.9. The molecule has 2 heteroatoms. The minimum atomic E-state index is -0.843. The minimum Gasteiger partial charge on any atom is -0.0734 e. The summed E-state index contributed by atoms with van der Waals surface area (Å²) in [4.78, 5) is 0. The normalized spacial score (nSPS) is 14.0. The Morgan fingerprint density at radius 1 is 0.654 bits per heavy atom. The van der Waals surface area contributed by atoms with Crippen molar-refractivity contribution in [2.75, 3.05) is 0 Å². The van der Waals surface area contributed by atoms with E-state index >= 15 is 0 Å². The highest BCUT2D eigenvalue weighted by Crippen LogP contribution is 2.38. The van der Waals surface area contributed by atoms with Gasteiger partial charge in [-0.25, -0.2) is 0 Å². The molecule has 0 amide bonds. The first-order valence-electron chi connectivity index (χ1n) is 9.31. The lowest BCUT2D eigenvalue weighted by Crippen LogP contribution is -2.20. The summed E-state index contributed by atoms with van der Waals surface area (Å²) in [5.41, 5.74) is 10.1. The van der Waals surface area contributed by atoms with Crippen LogP contribution in [0.1, 0.15) is 10.7 Å². The zero-order chi connectivity index (χ0) is 17.1. The maximum Gasteiger partial charge on any atom is 0.0891 e. The van der Waals surface area contributed by atoms with Crippen LogP contribution in [0.2, 0.25) is 0 Å². The molecule has 0 saturated carbocycles. The van der Waals surface area contributed by atoms with Gasteiger partial charge in [0, 0.05) is 0 Å². The zero-order valence-corrected chi connectivity index (χ0v) is 16.9. The molecule has 1 aliphatic heterocycles. The molecular formula is C24H18Si2. The number of fused-ring (bicyclic) bond motifs is 6. The summed E-state index contributed by atoms with van der Waals surface area (Å²) in [6, 6.07) is 29.8. The Hall–Kier alpha value is -2.56. The quantitative estimate of drug-likeness (QED) is 0.393. The van der Waals surface area contributed by atoms with Gasteiger partial charge in [0.1, 0.15) is 0 Å². The molecule has 0 saturated heterocycles. The molecule has 0 fully saturated rings. The Morgan fingerprint density at radius 3 is 2.38 bits per heavy atom. The molecule has 0 unspecified atom stereocenters. The van der Waals surface area contributed by atoms with Crippen LogP contribution in [0.4, 0.5) is 0 Å². The molecule has 0 spiro atoms. The first-order valence-corrected chi connectivity index (χ1v) is 12.3. The van der Waals surface area contributed by atoms with Gasteiger partial charge in [-0.1, -0.05) is 94.9 Å². The van der Waals surface area contributed by atoms with Gasteiger partial charge in [0.2, 0.25) is 0 Å². The summed E-state index contributed by atoms with van der Waals surface area (Å²) in [7, 11) is -1.16. The average molecular weight is 363 g/mol. The lowest BCUT2D eigenvalue weighted by Gasteiger charge is -2.13. The van der Waals surface area contributed by atoms with Gasteiger partial charge in [0.05, 0.1) is 17.9 Å². The Labute approximate surface area is 157 Å². The molecule has 1 aliphatic carbocycles. The molecule has 0 bridgehead atoms. The number of rotatable bonds is 1. The van der Waals surface area contributed by atoms with E-state index in [0.29, 0.717) is 0 Å². The van der Waals surface area contributed by atoms with Crippen molar-refractivity contribution < 1.29 is 0 Å². The molecule has 122 valence electrons. The van der Waals surface area contributed by atoms with E-state index in [0.717, 1.165) is 6.42 Å². The second kappa shape index (κ2) is 5.47. The van der Waals surface area contributed by atoms with Crippen molar-refractivity contribution in [2.45, 2.75) is 6.42 Å². The third kappa shape index (κ3) is 1.97. The Balaban J connectivity index is 1.62. The van der Waals surface area contributed by atoms with E-state index < -0.39 is 8.40 Å². The van der Waals surface area contributed by atoms with E-state index in [1.54, 1.807) is 26.3 Å². The molecule has 3 aromatic carbocycles. The minimum absolute atomic E-state index is 0.322. The molecule has 0 nitrogen and oxygen atoms in total. The topological polar surface area (TPSA) is 0 Å². The van der Waals surface area contributed by atoms with Crippen molar-refractivity contribution in [1.82, 2.24) is 0 Å². The molecule has 4 aromatic rings. The predicted octanol–water partition coefficient (Wildman–Crippen LogP) is 3.37. The van der Waals surface area contributed by atoms with Crippen LogP contribution in [0.3, 0.4) is 0 Å². The molecule has 2 aliphatic rings. The summed E-state index contributed by atoms with van der Waals surface area (Å²) in [6.07, 6.45) is 1.13. The van der Waals surface area contributed by atoms with Crippen LogP contribution in [0.25, 0.3) is 27.4 Å². The summed E-state index contributed by atoms with van der Waals surface area (Å²) in [6.45, 7) is 0. The molecule has 2 heterocycles. The summed E-state index contributed by atoms with van der Waals surface area (Å²) < 4.78 is 0. The SMILES string of the molecule is c1ccc2c(c1)Cc1c-2ccc[si]1-c1cccc2c1-c1ccccc1[SiH2]2. The molecule has 0 N–H and O–H groups in total. The molecule has 0 atom stereocenters. The fourth-order valence-corrected chi connectivity index (χ4v) is 9.68. The van der Waals surface area contributed by atoms with E-state index in [1.807, 2.05) is 0 Å². The lowest BCUT2D eigenvalue weighted by molar-refractivity contribution is 1.30. The monoisotopic (exact) mass is 362 g/mol. The number of hydrogen-bond donors (Lipinski definition) is 0. The highest BCUT2D eigenvalue weighted by Gasteiger charge is 2.26. The standard InChI is InChI=1S/C24H18Si2/c1-2-8-17-16(7-1)15-23-18(17)10-6-14-26(23)22-13-5-12-21-24(22)19-9-3-4-11-20(19)25-21/h1-14H,15,25H2. The summed E-state index contributed by atoms with van der Waals surface area (Å²) in [5, 5.41) is 6.54. The van der Waals surface area contributed by atoms with Gasteiger partial charge in [0.25, 0.3) is 0 Å². The molecule has 6 rings (SSSR count). The highest BCUT2D eigenvalue weighted by atomic mass is 28.2. The lowest BCUT2D eigenvalue weighted by atomic mass is 10.1. The third-order valence-corrected chi connectivity index (χ3v) is 10.5. The Bertz CT molecular complexity index is 1190. The van der Waals surface area contributed by atoms with Gasteiger partial charge in [-0.2, -0.15) is 0 Å². The van der Waals surface area contributed by atoms with E-state index in [4.69, 9.17) is 0 Å². The van der Waals surface area contributed by atoms with Crippen molar-refractivity contribution in [1.29, 1.82) is 0 Å². The second-order valence-electron chi connectivity index (χ2n) is 7.34. The maximum absolute atomic E-state index is 2.51. The van der Waals surface area contributed by atoms with Gasteiger partial charge < -0.3 is 0 Å². The van der Waals surface area contributed by atoms with Crippen LogP contribution < -0.4 is 10.4 Å². The van der Waals surface area contributed by atoms with Gasteiger partial charge in [0.15, 0.2) is 0 Å². The van der Waals surface area contributed by atoms with Crippen LogP contribution in [0.15, 0.2) is 84.5 Å². The van der Waals surface area contributed by atoms with Crippen molar-refractivity contribution >= 4 is 28.3 Å². The van der Waals surface area contributed by atoms with Crippen LogP contribution in [-0.4, -0.2) is 17.9 Å². The van der Waals surface area contributed by atoms with Gasteiger partial charge in [-0.05, 0) is 44.6 Å². The number of benzene rings is 3. The number of hydrogen-bond acceptors (Lipinski definition) is 0. The fraction of sp³-hybridized carbons (Fsp3) is 0.0417. The smallest absolute Gasteiger partial charge is 0.0734 e. The van der Waals surface area contributed by atoms with E-state index in [9.17, 15) is 0 Å². The maximum atomic E-state index is 2.51. The fourth-order valence-electron chi connectivity index (χ4n) is 4.82. The largest absolute Gasteiger partial charge is 0.0891 e. The van der Waals surface area contributed by atoms with Gasteiger partial charge >= 0.3 is 0 Å². The van der Waals surface area contributed by atoms with Gasteiger partial charge in [-0.3, -0.25) is 0 Å². The first kappa shape index (κ1) is 14.6. The van der Waals surface area contributed by atoms with Crippen LogP contribution >= 0.6 is 0 Å². The van der Waals surface area contributed by atoms with Crippen LogP contribution in [0.5, 0.6) is 0 Å². The summed E-state index contributed by atoms with van der Waals surface area (Å²) in [5.74, 6) is 0. The Morgan fingerprint density at radius 2 is 1.42 bits per heavy atom. The van der Waals surface area contributed by atoms with Gasteiger partial charge in [-0.15, -0.1) is 0 Å². The molecular weight excluding hydrogens is 344 g/mol. The molecule has 26 heavy (non-hydrogen) atoms. The highest BCUT2D eigenvalue weighted by molar-refractivity contribution is 6.77. The zero-order valence-electron chi connectivity index (χ0n) is 14.5. The van der Waals surface area contributed by atoms with Crippen LogP contribution in [0, 0.1) is 0 Å². The third-order valence-electron chi connectivity index (χ3n) is 5.96. The van der Waals surface area contributed by atoms with E-state index in [1.165, 1.54) is 22.3 Å². The predicted molar refractivity (Wildman–Crippen MR) is 115 cm³/mol. The van der Waals surface area contributed by atoms with Crippen molar-refractivity contribution in [3.8, 4) is 27.4 Å². The molecule has 0 radical (unpaired) electrons. The van der Waals surface area contributed by atoms with Crippen molar-refractivity contribution in [2.24, 2.45) is 0 Å². The van der Waals surface area contributed by atoms with Crippen molar-refractivity contribution in [3.05, 3.63) is 95.3 Å². The molecule has 1 aromatic heterocycles. The summed E-state index contributed by atoms with van der Waals surface area (Å²) >= 11 is 0. The van der Waals surface area contributed by atoms with E-state index in [2.05, 4.69) is 84.5 Å². The van der Waals surface area contributed by atoms with E-state index in [-0.39, 0.29) is 9.52 Å². The van der Waals surface area contributed by atoms with Crippen LogP contribution in [-0.2, 0) is 6.42 Å². The average Bonchev–Trinajstić information content (AvgIpc) is 3.26.